The summed E-state index contributed by atoms with van der Waals surface area (Å²) in [4.78, 5) is 11.1. The van der Waals surface area contributed by atoms with Crippen molar-refractivity contribution in [2.75, 3.05) is 0 Å². The smallest absolute Gasteiger partial charge is 0.311 e. The summed E-state index contributed by atoms with van der Waals surface area (Å²) in [6, 6.07) is 5.62. The molecule has 0 radical (unpaired) electrons. The van der Waals surface area contributed by atoms with E-state index < -0.39 is 5.97 Å². The SMILES string of the molecule is O=C(O)C1CC2(CC2)c2cc(Cl)ccc21. The molecule has 0 aliphatic heterocycles. The van der Waals surface area contributed by atoms with E-state index in [0.717, 1.165) is 24.8 Å². The maximum atomic E-state index is 11.1. The molecule has 15 heavy (non-hydrogen) atoms. The Bertz CT molecular complexity index is 449. The number of hydrogen-bond acceptors (Lipinski definition) is 1. The predicted octanol–water partition coefficient (Wildman–Crippen LogP) is 2.94. The van der Waals surface area contributed by atoms with Crippen LogP contribution in [0.15, 0.2) is 18.2 Å². The first-order chi connectivity index (χ1) is 7.12. The van der Waals surface area contributed by atoms with Crippen LogP contribution in [-0.2, 0) is 10.2 Å². The Morgan fingerprint density at radius 2 is 2.20 bits per heavy atom. The quantitative estimate of drug-likeness (QED) is 0.793. The van der Waals surface area contributed by atoms with Gasteiger partial charge >= 0.3 is 5.97 Å². The highest BCUT2D eigenvalue weighted by Gasteiger charge is 2.53. The van der Waals surface area contributed by atoms with E-state index in [4.69, 9.17) is 16.7 Å². The lowest BCUT2D eigenvalue weighted by Gasteiger charge is -2.06. The summed E-state index contributed by atoms with van der Waals surface area (Å²) in [7, 11) is 0. The van der Waals surface area contributed by atoms with E-state index in [1.165, 1.54) is 5.56 Å². The molecule has 2 nitrogen and oxygen atoms in total. The van der Waals surface area contributed by atoms with Gasteiger partial charge < -0.3 is 5.11 Å². The third-order valence-electron chi connectivity index (χ3n) is 3.71. The van der Waals surface area contributed by atoms with Crippen molar-refractivity contribution in [3.63, 3.8) is 0 Å². The highest BCUT2D eigenvalue weighted by Crippen LogP contribution is 2.60. The lowest BCUT2D eigenvalue weighted by molar-refractivity contribution is -0.138. The van der Waals surface area contributed by atoms with Gasteiger partial charge in [-0.2, -0.15) is 0 Å². The van der Waals surface area contributed by atoms with E-state index >= 15 is 0 Å². The second kappa shape index (κ2) is 2.76. The van der Waals surface area contributed by atoms with E-state index in [1.54, 1.807) is 6.07 Å². The number of fused-ring (bicyclic) bond motifs is 2. The van der Waals surface area contributed by atoms with E-state index in [-0.39, 0.29) is 11.3 Å². The molecule has 0 bridgehead atoms. The lowest BCUT2D eigenvalue weighted by atomic mass is 9.98. The van der Waals surface area contributed by atoms with Crippen LogP contribution in [0.5, 0.6) is 0 Å². The van der Waals surface area contributed by atoms with Crippen molar-refractivity contribution in [2.45, 2.75) is 30.6 Å². The Morgan fingerprint density at radius 3 is 2.80 bits per heavy atom. The molecule has 1 atom stereocenters. The first-order valence-corrected chi connectivity index (χ1v) is 5.53. The van der Waals surface area contributed by atoms with E-state index in [2.05, 4.69) is 0 Å². The number of aliphatic carboxylic acids is 1. The molecule has 0 amide bonds. The molecule has 2 aliphatic rings. The first kappa shape index (κ1) is 9.22. The molecule has 2 aliphatic carbocycles. The summed E-state index contributed by atoms with van der Waals surface area (Å²) in [6.07, 6.45) is 2.99. The van der Waals surface area contributed by atoms with Gasteiger partial charge in [-0.1, -0.05) is 17.7 Å². The topological polar surface area (TPSA) is 37.3 Å². The number of benzene rings is 1. The molecule has 3 rings (SSSR count). The molecule has 1 aromatic rings. The predicted molar refractivity (Wildman–Crippen MR) is 57.4 cm³/mol. The van der Waals surface area contributed by atoms with Crippen molar-refractivity contribution < 1.29 is 9.90 Å². The Hall–Kier alpha value is -1.02. The molecule has 0 heterocycles. The van der Waals surface area contributed by atoms with Crippen LogP contribution in [0.3, 0.4) is 0 Å². The zero-order valence-electron chi connectivity index (χ0n) is 8.16. The number of halogens is 1. The van der Waals surface area contributed by atoms with Crippen molar-refractivity contribution in [1.82, 2.24) is 0 Å². The molecule has 1 unspecified atom stereocenters. The second-order valence-corrected chi connectivity index (χ2v) is 5.04. The maximum Gasteiger partial charge on any atom is 0.311 e. The summed E-state index contributed by atoms with van der Waals surface area (Å²) in [6.45, 7) is 0. The molecular weight excluding hydrogens is 212 g/mol. The Morgan fingerprint density at radius 1 is 1.47 bits per heavy atom. The van der Waals surface area contributed by atoms with Crippen LogP contribution < -0.4 is 0 Å². The molecule has 1 fully saturated rings. The average Bonchev–Trinajstić information content (AvgIpc) is 2.87. The first-order valence-electron chi connectivity index (χ1n) is 5.15. The highest BCUT2D eigenvalue weighted by molar-refractivity contribution is 6.30. The zero-order valence-corrected chi connectivity index (χ0v) is 8.92. The fraction of sp³-hybridized carbons (Fsp3) is 0.417. The van der Waals surface area contributed by atoms with Gasteiger partial charge in [-0.25, -0.2) is 0 Å². The molecule has 1 saturated carbocycles. The Kier molecular flexibility index (Phi) is 1.70. The van der Waals surface area contributed by atoms with Gasteiger partial charge in [0.1, 0.15) is 0 Å². The standard InChI is InChI=1S/C12H11ClO2/c13-7-1-2-8-9(11(14)15)6-12(3-4-12)10(8)5-7/h1-2,5,9H,3-4,6H2,(H,14,15). The summed E-state index contributed by atoms with van der Waals surface area (Å²) in [5.41, 5.74) is 2.32. The van der Waals surface area contributed by atoms with Crippen molar-refractivity contribution in [2.24, 2.45) is 0 Å². The van der Waals surface area contributed by atoms with Crippen molar-refractivity contribution in [1.29, 1.82) is 0 Å². The van der Waals surface area contributed by atoms with Crippen molar-refractivity contribution in [3.05, 3.63) is 34.3 Å². The van der Waals surface area contributed by atoms with Crippen LogP contribution in [0.25, 0.3) is 0 Å². The number of carbonyl (C=O) groups is 1. The van der Waals surface area contributed by atoms with Crippen LogP contribution in [0.2, 0.25) is 5.02 Å². The van der Waals surface area contributed by atoms with Gasteiger partial charge in [-0.15, -0.1) is 0 Å². The third-order valence-corrected chi connectivity index (χ3v) is 3.94. The van der Waals surface area contributed by atoms with Gasteiger partial charge in [0.2, 0.25) is 0 Å². The summed E-state index contributed by atoms with van der Waals surface area (Å²) < 4.78 is 0. The molecule has 1 N–H and O–H groups in total. The minimum absolute atomic E-state index is 0.156. The van der Waals surface area contributed by atoms with Crippen LogP contribution in [0, 0.1) is 0 Å². The van der Waals surface area contributed by atoms with Gasteiger partial charge in [0.05, 0.1) is 5.92 Å². The fourth-order valence-electron chi connectivity index (χ4n) is 2.75. The van der Waals surface area contributed by atoms with Gasteiger partial charge in [0.25, 0.3) is 0 Å². The fourth-order valence-corrected chi connectivity index (χ4v) is 2.92. The minimum atomic E-state index is -0.706. The van der Waals surface area contributed by atoms with Gasteiger partial charge in [-0.05, 0) is 47.9 Å². The van der Waals surface area contributed by atoms with Crippen molar-refractivity contribution >= 4 is 17.6 Å². The Labute approximate surface area is 92.9 Å². The number of carboxylic acids is 1. The molecule has 0 saturated heterocycles. The number of carboxylic acid groups (broad SMARTS) is 1. The van der Waals surface area contributed by atoms with Gasteiger partial charge in [0, 0.05) is 5.02 Å². The van der Waals surface area contributed by atoms with Gasteiger partial charge in [0.15, 0.2) is 0 Å². The van der Waals surface area contributed by atoms with Crippen LogP contribution in [0.4, 0.5) is 0 Å². The van der Waals surface area contributed by atoms with Crippen LogP contribution in [-0.4, -0.2) is 11.1 Å². The third kappa shape index (κ3) is 1.21. The summed E-state index contributed by atoms with van der Waals surface area (Å²) in [5, 5.41) is 9.87. The Balaban J connectivity index is 2.15. The van der Waals surface area contributed by atoms with E-state index in [9.17, 15) is 4.79 Å². The van der Waals surface area contributed by atoms with Crippen LogP contribution in [0.1, 0.15) is 36.3 Å². The zero-order chi connectivity index (χ0) is 10.6. The normalized spacial score (nSPS) is 25.3. The summed E-state index contributed by atoms with van der Waals surface area (Å²) in [5.74, 6) is -1.03. The minimum Gasteiger partial charge on any atom is -0.481 e. The molecule has 0 aromatic heterocycles. The maximum absolute atomic E-state index is 11.1. The van der Waals surface area contributed by atoms with Crippen molar-refractivity contribution in [3.8, 4) is 0 Å². The summed E-state index contributed by atoms with van der Waals surface area (Å²) >= 11 is 5.96. The highest BCUT2D eigenvalue weighted by atomic mass is 35.5. The molecule has 1 aromatic carbocycles. The second-order valence-electron chi connectivity index (χ2n) is 4.61. The van der Waals surface area contributed by atoms with Crippen LogP contribution >= 0.6 is 11.6 Å². The van der Waals surface area contributed by atoms with E-state index in [0.29, 0.717) is 5.02 Å². The lowest BCUT2D eigenvalue weighted by Crippen LogP contribution is -2.09. The number of hydrogen-bond donors (Lipinski definition) is 1. The largest absolute Gasteiger partial charge is 0.481 e. The molecule has 3 heteroatoms. The monoisotopic (exact) mass is 222 g/mol. The molecule has 1 spiro atoms. The molecular formula is C12H11ClO2. The average molecular weight is 223 g/mol. The molecule has 78 valence electrons. The number of rotatable bonds is 1. The van der Waals surface area contributed by atoms with E-state index in [1.807, 2.05) is 12.1 Å². The van der Waals surface area contributed by atoms with Gasteiger partial charge in [-0.3, -0.25) is 4.79 Å².